The van der Waals surface area contributed by atoms with Crippen LogP contribution in [-0.4, -0.2) is 19.4 Å². The zero-order valence-electron chi connectivity index (χ0n) is 10.2. The molecule has 0 amide bonds. The molecule has 1 aromatic heterocycles. The summed E-state index contributed by atoms with van der Waals surface area (Å²) in [5, 5.41) is -0.821. The van der Waals surface area contributed by atoms with Crippen LogP contribution in [0.1, 0.15) is 16.1 Å². The molecule has 6 nitrogen and oxygen atoms in total. The highest BCUT2D eigenvalue weighted by atomic mass is 32.2. The second kappa shape index (κ2) is 5.55. The number of halogens is 1. The summed E-state index contributed by atoms with van der Waals surface area (Å²) < 4.78 is 42.5. The Morgan fingerprint density at radius 2 is 2.00 bits per heavy atom. The van der Waals surface area contributed by atoms with Crippen LogP contribution >= 0.6 is 11.3 Å². The summed E-state index contributed by atoms with van der Waals surface area (Å²) in [6.07, 6.45) is 0. The number of hydrogen-bond acceptors (Lipinski definition) is 6. The first-order valence-electron chi connectivity index (χ1n) is 5.32. The number of aromatic nitrogens is 1. The van der Waals surface area contributed by atoms with E-state index in [9.17, 15) is 17.6 Å². The van der Waals surface area contributed by atoms with E-state index in [0.29, 0.717) is 11.3 Å². The van der Waals surface area contributed by atoms with Crippen LogP contribution in [0.25, 0.3) is 0 Å². The van der Waals surface area contributed by atoms with Crippen LogP contribution < -0.4 is 4.72 Å². The molecule has 0 spiro atoms. The second-order valence-corrected chi connectivity index (χ2v) is 5.90. The minimum atomic E-state index is -4.40. The first-order chi connectivity index (χ1) is 9.37. The molecule has 1 heterocycles. The van der Waals surface area contributed by atoms with Crippen LogP contribution in [0.3, 0.4) is 0 Å². The van der Waals surface area contributed by atoms with Gasteiger partial charge >= 0.3 is 16.3 Å². The molecule has 0 bridgehead atoms. The summed E-state index contributed by atoms with van der Waals surface area (Å²) in [5.41, 5.74) is 0.140. The maximum Gasteiger partial charge on any atom is 0.412 e. The molecule has 2 aromatic rings. The number of rotatable bonds is 4. The number of aryl methyl sites for hydroxylation is 1. The van der Waals surface area contributed by atoms with Crippen molar-refractivity contribution >= 4 is 32.7 Å². The van der Waals surface area contributed by atoms with Crippen LogP contribution in [0, 0.1) is 12.1 Å². The van der Waals surface area contributed by atoms with Crippen molar-refractivity contribution in [3.8, 4) is 0 Å². The topological polar surface area (TPSA) is 85.4 Å². The molecule has 0 unspecified atom stereocenters. The summed E-state index contributed by atoms with van der Waals surface area (Å²) in [6, 6.07) is 7.62. The number of anilines is 1. The first kappa shape index (κ1) is 14.4. The molecule has 0 saturated heterocycles. The smallest absolute Gasteiger partial charge is 0.325 e. The Bertz CT molecular complexity index is 709. The number of thiazole rings is 1. The lowest BCUT2D eigenvalue weighted by molar-refractivity contribution is 0.0748. The van der Waals surface area contributed by atoms with Gasteiger partial charge in [0.15, 0.2) is 0 Å². The molecular weight excluding hydrogens is 307 g/mol. The van der Waals surface area contributed by atoms with Crippen molar-refractivity contribution in [2.75, 3.05) is 4.72 Å². The van der Waals surface area contributed by atoms with E-state index in [-0.39, 0.29) is 16.4 Å². The van der Waals surface area contributed by atoms with Gasteiger partial charge in [-0.1, -0.05) is 29.5 Å². The predicted molar refractivity (Wildman–Crippen MR) is 71.2 cm³/mol. The summed E-state index contributed by atoms with van der Waals surface area (Å²) in [4.78, 5) is 15.2. The van der Waals surface area contributed by atoms with Gasteiger partial charge in [-0.2, -0.15) is 12.8 Å². The third-order valence-electron chi connectivity index (χ3n) is 2.15. The van der Waals surface area contributed by atoms with Gasteiger partial charge in [-0.15, -0.1) is 0 Å². The van der Waals surface area contributed by atoms with Crippen molar-refractivity contribution < 1.29 is 21.8 Å². The molecule has 106 valence electrons. The maximum atomic E-state index is 13.1. The lowest BCUT2D eigenvalue weighted by atomic mass is 10.2. The minimum absolute atomic E-state index is 0.0575. The van der Waals surface area contributed by atoms with Crippen molar-refractivity contribution in [2.45, 2.75) is 6.92 Å². The zero-order valence-corrected chi connectivity index (χ0v) is 11.8. The Kier molecular flexibility index (Phi) is 4.00. The second-order valence-electron chi connectivity index (χ2n) is 3.67. The van der Waals surface area contributed by atoms with E-state index < -0.39 is 21.4 Å². The van der Waals surface area contributed by atoms with Gasteiger partial charge in [0.25, 0.3) is 0 Å². The summed E-state index contributed by atoms with van der Waals surface area (Å²) in [5.74, 6) is -1.04. The normalized spacial score (nSPS) is 11.1. The van der Waals surface area contributed by atoms with Gasteiger partial charge in [-0.25, -0.2) is 14.5 Å². The van der Waals surface area contributed by atoms with Gasteiger partial charge in [-0.3, -0.25) is 0 Å². The van der Waals surface area contributed by atoms with Crippen LogP contribution in [0.5, 0.6) is 0 Å². The van der Waals surface area contributed by atoms with E-state index >= 15 is 0 Å². The fourth-order valence-corrected chi connectivity index (χ4v) is 2.89. The molecule has 0 aliphatic heterocycles. The fraction of sp³-hybridized carbons (Fsp3) is 0.0909. The Morgan fingerprint density at radius 3 is 2.55 bits per heavy atom. The van der Waals surface area contributed by atoms with Gasteiger partial charge in [0.2, 0.25) is 10.3 Å². The Hall–Kier alpha value is -2.00. The molecule has 1 N–H and O–H groups in total. The van der Waals surface area contributed by atoms with Crippen LogP contribution in [-0.2, 0) is 14.5 Å². The van der Waals surface area contributed by atoms with Crippen molar-refractivity contribution in [2.24, 2.45) is 0 Å². The average molecular weight is 316 g/mol. The predicted octanol–water partition coefficient (Wildman–Crippen LogP) is 2.10. The standard InChI is InChI=1S/C11H9FN2O4S2/c1-7-9(12)19-11(13-7)14-20(16,17)18-10(15)8-5-3-2-4-6-8/h2-6H,1H3,(H,13,14). The monoisotopic (exact) mass is 316 g/mol. The van der Waals surface area contributed by atoms with Crippen LogP contribution in [0.4, 0.5) is 9.52 Å². The van der Waals surface area contributed by atoms with Crippen LogP contribution in [0.15, 0.2) is 30.3 Å². The number of carbonyl (C=O) groups is 1. The summed E-state index contributed by atoms with van der Waals surface area (Å²) in [7, 11) is -4.40. The maximum absolute atomic E-state index is 13.1. The zero-order chi connectivity index (χ0) is 14.8. The molecule has 0 radical (unpaired) electrons. The number of nitrogens with zero attached hydrogens (tertiary/aromatic N) is 1. The van der Waals surface area contributed by atoms with Crippen LogP contribution in [0.2, 0.25) is 0 Å². The number of hydrogen-bond donors (Lipinski definition) is 1. The highest BCUT2D eigenvalue weighted by Gasteiger charge is 2.20. The highest BCUT2D eigenvalue weighted by molar-refractivity contribution is 7.88. The van der Waals surface area contributed by atoms with E-state index in [4.69, 9.17) is 0 Å². The number of nitrogens with one attached hydrogen (secondary N) is 1. The highest BCUT2D eigenvalue weighted by Crippen LogP contribution is 2.21. The van der Waals surface area contributed by atoms with E-state index in [1.165, 1.54) is 19.1 Å². The van der Waals surface area contributed by atoms with Gasteiger partial charge in [0.1, 0.15) is 0 Å². The first-order valence-corrected chi connectivity index (χ1v) is 7.54. The molecule has 0 aliphatic rings. The van der Waals surface area contributed by atoms with Crippen molar-refractivity contribution in [3.05, 3.63) is 46.7 Å². The molecule has 2 rings (SSSR count). The lowest BCUT2D eigenvalue weighted by Gasteiger charge is -2.05. The molecule has 20 heavy (non-hydrogen) atoms. The van der Waals surface area contributed by atoms with E-state index in [0.717, 1.165) is 0 Å². The number of carbonyl (C=O) groups excluding carboxylic acids is 1. The Labute approximate surface area is 118 Å². The van der Waals surface area contributed by atoms with Crippen molar-refractivity contribution in [1.82, 2.24) is 4.98 Å². The van der Waals surface area contributed by atoms with E-state index in [1.54, 1.807) is 18.2 Å². The molecule has 0 fully saturated rings. The quantitative estimate of drug-likeness (QED) is 0.933. The molecule has 0 saturated carbocycles. The SMILES string of the molecule is Cc1nc(NS(=O)(=O)OC(=O)c2ccccc2)sc1F. The molecular formula is C11H9FN2O4S2. The Morgan fingerprint density at radius 1 is 1.35 bits per heavy atom. The van der Waals surface area contributed by atoms with Gasteiger partial charge in [0.05, 0.1) is 11.3 Å². The molecule has 0 atom stereocenters. The minimum Gasteiger partial charge on any atom is -0.325 e. The fourth-order valence-electron chi connectivity index (χ4n) is 1.27. The third-order valence-corrected chi connectivity index (χ3v) is 3.95. The Balaban J connectivity index is 2.10. The third kappa shape index (κ3) is 3.52. The van der Waals surface area contributed by atoms with E-state index in [2.05, 4.69) is 9.17 Å². The van der Waals surface area contributed by atoms with Crippen molar-refractivity contribution in [1.29, 1.82) is 0 Å². The molecule has 1 aromatic carbocycles. The van der Waals surface area contributed by atoms with Gasteiger partial charge in [-0.05, 0) is 19.1 Å². The average Bonchev–Trinajstić information content (AvgIpc) is 2.67. The summed E-state index contributed by atoms with van der Waals surface area (Å²) >= 11 is 0.505. The molecule has 9 heteroatoms. The number of benzene rings is 1. The molecule has 0 aliphatic carbocycles. The van der Waals surface area contributed by atoms with Gasteiger partial charge in [0, 0.05) is 0 Å². The lowest BCUT2D eigenvalue weighted by Crippen LogP contribution is -2.20. The van der Waals surface area contributed by atoms with Gasteiger partial charge < -0.3 is 4.18 Å². The largest absolute Gasteiger partial charge is 0.412 e. The van der Waals surface area contributed by atoms with Crippen molar-refractivity contribution in [3.63, 3.8) is 0 Å². The summed E-state index contributed by atoms with van der Waals surface area (Å²) in [6.45, 7) is 1.39. The van der Waals surface area contributed by atoms with E-state index in [1.807, 2.05) is 4.72 Å².